The molecule has 0 bridgehead atoms. The van der Waals surface area contributed by atoms with Crippen molar-refractivity contribution in [1.29, 1.82) is 0 Å². The van der Waals surface area contributed by atoms with Gasteiger partial charge in [-0.1, -0.05) is 18.2 Å². The second-order valence-electron chi connectivity index (χ2n) is 5.07. The maximum atomic E-state index is 13.3. The largest absolute Gasteiger partial charge is 0.352 e. The molecule has 1 amide bonds. The molecule has 1 atom stereocenters. The number of hydrogen-bond acceptors (Lipinski definition) is 2. The summed E-state index contributed by atoms with van der Waals surface area (Å²) < 4.78 is 13.7. The fourth-order valence-corrected chi connectivity index (χ4v) is 2.92. The van der Waals surface area contributed by atoms with Gasteiger partial charge in [-0.15, -0.1) is 0 Å². The summed E-state index contributed by atoms with van der Waals surface area (Å²) in [4.78, 5) is 11.9. The normalized spacial score (nSPS) is 15.3. The van der Waals surface area contributed by atoms with Crippen molar-refractivity contribution in [3.8, 4) is 0 Å². The maximum Gasteiger partial charge on any atom is 0.251 e. The number of fused-ring (bicyclic) bond motifs is 1. The Kier molecular flexibility index (Phi) is 3.78. The number of halogens is 2. The number of amides is 1. The molecular weight excluding hydrogens is 335 g/mol. The molecule has 0 aromatic heterocycles. The summed E-state index contributed by atoms with van der Waals surface area (Å²) >= 11 is 3.16. The summed E-state index contributed by atoms with van der Waals surface area (Å²) in [6.07, 6.45) is 0.832. The van der Waals surface area contributed by atoms with Gasteiger partial charge in [-0.3, -0.25) is 4.79 Å². The predicted molar refractivity (Wildman–Crippen MR) is 82.6 cm³/mol. The van der Waals surface area contributed by atoms with Gasteiger partial charge in [-0.25, -0.2) is 4.39 Å². The quantitative estimate of drug-likeness (QED) is 0.876. The second kappa shape index (κ2) is 5.58. The average Bonchev–Trinajstić information content (AvgIpc) is 2.49. The van der Waals surface area contributed by atoms with Gasteiger partial charge in [-0.05, 0) is 57.2 Å². The highest BCUT2D eigenvalue weighted by molar-refractivity contribution is 9.10. The molecule has 3 rings (SSSR count). The molecule has 108 valence electrons. The molecular formula is C16H14BrFN2O. The van der Waals surface area contributed by atoms with Crippen molar-refractivity contribution in [2.75, 3.05) is 6.54 Å². The highest BCUT2D eigenvalue weighted by Crippen LogP contribution is 2.26. The molecule has 5 heteroatoms. The van der Waals surface area contributed by atoms with Gasteiger partial charge in [0.1, 0.15) is 5.82 Å². The van der Waals surface area contributed by atoms with E-state index in [-0.39, 0.29) is 11.7 Å². The summed E-state index contributed by atoms with van der Waals surface area (Å²) in [7, 11) is 0. The molecule has 21 heavy (non-hydrogen) atoms. The van der Waals surface area contributed by atoms with E-state index in [0.717, 1.165) is 23.1 Å². The van der Waals surface area contributed by atoms with E-state index in [1.807, 2.05) is 18.2 Å². The second-order valence-corrected chi connectivity index (χ2v) is 5.93. The van der Waals surface area contributed by atoms with Crippen LogP contribution in [0.4, 0.5) is 4.39 Å². The molecule has 1 aliphatic rings. The van der Waals surface area contributed by atoms with Gasteiger partial charge in [-0.2, -0.15) is 0 Å². The van der Waals surface area contributed by atoms with Crippen LogP contribution in [0.25, 0.3) is 0 Å². The van der Waals surface area contributed by atoms with Gasteiger partial charge in [0.25, 0.3) is 5.91 Å². The third kappa shape index (κ3) is 2.71. The summed E-state index contributed by atoms with van der Waals surface area (Å²) in [5.41, 5.74) is 9.58. The molecule has 0 aliphatic carbocycles. The van der Waals surface area contributed by atoms with Crippen LogP contribution in [0.15, 0.2) is 40.9 Å². The lowest BCUT2D eigenvalue weighted by atomic mass is 9.93. The predicted octanol–water partition coefficient (Wildman–Crippen LogP) is 2.92. The van der Waals surface area contributed by atoms with Gasteiger partial charge < -0.3 is 11.1 Å². The zero-order valence-electron chi connectivity index (χ0n) is 11.2. The summed E-state index contributed by atoms with van der Waals surface area (Å²) in [6, 6.07) is 10.0. The van der Waals surface area contributed by atoms with E-state index in [1.165, 1.54) is 6.07 Å². The molecule has 3 N–H and O–H groups in total. The van der Waals surface area contributed by atoms with E-state index >= 15 is 0 Å². The standard InChI is InChI=1S/C16H14BrFN2O/c17-13-8-11(3-4-14(13)18)15(19)10-2-1-9-5-6-20-16(21)12(9)7-10/h1-4,7-8,15H,5-6,19H2,(H,20,21). The van der Waals surface area contributed by atoms with Crippen LogP contribution in [0, 0.1) is 5.82 Å². The van der Waals surface area contributed by atoms with Crippen molar-refractivity contribution in [3.63, 3.8) is 0 Å². The van der Waals surface area contributed by atoms with E-state index in [9.17, 15) is 9.18 Å². The van der Waals surface area contributed by atoms with Crippen LogP contribution in [-0.2, 0) is 6.42 Å². The van der Waals surface area contributed by atoms with Crippen LogP contribution < -0.4 is 11.1 Å². The Hall–Kier alpha value is -1.72. The molecule has 0 saturated carbocycles. The van der Waals surface area contributed by atoms with Crippen molar-refractivity contribution in [2.45, 2.75) is 12.5 Å². The van der Waals surface area contributed by atoms with Crippen LogP contribution in [0.1, 0.15) is 33.1 Å². The number of hydrogen-bond donors (Lipinski definition) is 2. The van der Waals surface area contributed by atoms with Crippen molar-refractivity contribution in [3.05, 3.63) is 68.9 Å². The first-order valence-corrected chi connectivity index (χ1v) is 7.47. The van der Waals surface area contributed by atoms with Crippen molar-refractivity contribution >= 4 is 21.8 Å². The number of carbonyl (C=O) groups is 1. The first-order chi connectivity index (χ1) is 10.1. The fraction of sp³-hybridized carbons (Fsp3) is 0.188. The van der Waals surface area contributed by atoms with E-state index in [4.69, 9.17) is 5.73 Å². The molecule has 2 aromatic carbocycles. The Labute approximate surface area is 130 Å². The molecule has 0 saturated heterocycles. The summed E-state index contributed by atoms with van der Waals surface area (Å²) in [5.74, 6) is -0.388. The SMILES string of the molecule is NC(c1ccc(F)c(Br)c1)c1ccc2c(c1)C(=O)NCC2. The molecule has 3 nitrogen and oxygen atoms in total. The van der Waals surface area contributed by atoms with Crippen LogP contribution >= 0.6 is 15.9 Å². The maximum absolute atomic E-state index is 13.3. The lowest BCUT2D eigenvalue weighted by molar-refractivity contribution is 0.0946. The first kappa shape index (κ1) is 14.2. The number of carbonyl (C=O) groups excluding carboxylic acids is 1. The number of benzene rings is 2. The van der Waals surface area contributed by atoms with Gasteiger partial charge in [0, 0.05) is 12.1 Å². The Morgan fingerprint density at radius 1 is 1.19 bits per heavy atom. The van der Waals surface area contributed by atoms with E-state index in [1.54, 1.807) is 12.1 Å². The zero-order chi connectivity index (χ0) is 15.0. The van der Waals surface area contributed by atoms with Gasteiger partial charge in [0.15, 0.2) is 0 Å². The third-order valence-corrected chi connectivity index (χ3v) is 4.33. The number of nitrogens with two attached hydrogens (primary N) is 1. The fourth-order valence-electron chi connectivity index (χ4n) is 2.52. The van der Waals surface area contributed by atoms with Gasteiger partial charge in [0.05, 0.1) is 10.5 Å². The molecule has 1 unspecified atom stereocenters. The lowest BCUT2D eigenvalue weighted by Crippen LogP contribution is -2.32. The van der Waals surface area contributed by atoms with Gasteiger partial charge >= 0.3 is 0 Å². The highest BCUT2D eigenvalue weighted by Gasteiger charge is 2.19. The van der Waals surface area contributed by atoms with Crippen LogP contribution in [0.3, 0.4) is 0 Å². The lowest BCUT2D eigenvalue weighted by Gasteiger charge is -2.19. The molecule has 0 spiro atoms. The average molecular weight is 349 g/mol. The Balaban J connectivity index is 1.98. The van der Waals surface area contributed by atoms with Gasteiger partial charge in [0.2, 0.25) is 0 Å². The molecule has 1 heterocycles. The van der Waals surface area contributed by atoms with Crippen molar-refractivity contribution in [2.24, 2.45) is 5.73 Å². The van der Waals surface area contributed by atoms with Crippen LogP contribution in [-0.4, -0.2) is 12.5 Å². The smallest absolute Gasteiger partial charge is 0.251 e. The Bertz CT molecular complexity index is 717. The summed E-state index contributed by atoms with van der Waals surface area (Å²) in [5, 5.41) is 2.82. The monoisotopic (exact) mass is 348 g/mol. The number of nitrogens with one attached hydrogen (secondary N) is 1. The Morgan fingerprint density at radius 3 is 2.67 bits per heavy atom. The molecule has 1 aliphatic heterocycles. The molecule has 0 radical (unpaired) electrons. The Morgan fingerprint density at radius 2 is 1.90 bits per heavy atom. The number of rotatable bonds is 2. The van der Waals surface area contributed by atoms with Crippen LogP contribution in [0.2, 0.25) is 0 Å². The van der Waals surface area contributed by atoms with Crippen molar-refractivity contribution in [1.82, 2.24) is 5.32 Å². The van der Waals surface area contributed by atoms with E-state index in [2.05, 4.69) is 21.2 Å². The first-order valence-electron chi connectivity index (χ1n) is 6.68. The summed E-state index contributed by atoms with van der Waals surface area (Å²) in [6.45, 7) is 0.669. The van der Waals surface area contributed by atoms with Crippen LogP contribution in [0.5, 0.6) is 0 Å². The minimum Gasteiger partial charge on any atom is -0.352 e. The van der Waals surface area contributed by atoms with E-state index < -0.39 is 6.04 Å². The van der Waals surface area contributed by atoms with Crippen molar-refractivity contribution < 1.29 is 9.18 Å². The minimum atomic E-state index is -0.401. The highest BCUT2D eigenvalue weighted by atomic mass is 79.9. The third-order valence-electron chi connectivity index (χ3n) is 3.72. The topological polar surface area (TPSA) is 55.1 Å². The molecule has 0 fully saturated rings. The van der Waals surface area contributed by atoms with E-state index in [0.29, 0.717) is 16.6 Å². The minimum absolute atomic E-state index is 0.0643. The molecule has 2 aromatic rings. The zero-order valence-corrected chi connectivity index (χ0v) is 12.8.